The van der Waals surface area contributed by atoms with Crippen molar-refractivity contribution in [2.45, 2.75) is 26.8 Å². The molecule has 1 aromatic heterocycles. The van der Waals surface area contributed by atoms with Gasteiger partial charge in [-0.15, -0.1) is 0 Å². The first kappa shape index (κ1) is 9.71. The molecule has 0 bridgehead atoms. The predicted octanol–water partition coefficient (Wildman–Crippen LogP) is 1.28. The van der Waals surface area contributed by atoms with Crippen LogP contribution in [0.3, 0.4) is 0 Å². The van der Waals surface area contributed by atoms with E-state index in [-0.39, 0.29) is 5.91 Å². The molecule has 0 aliphatic rings. The maximum atomic E-state index is 10.7. The minimum absolute atomic E-state index is 0.00842. The Bertz CT molecular complexity index is 297. The van der Waals surface area contributed by atoms with E-state index in [1.165, 1.54) is 6.92 Å². The predicted molar refractivity (Wildman–Crippen MR) is 51.1 cm³/mol. The topological polar surface area (TPSA) is 42.0 Å². The number of nitrogens with zero attached hydrogens (tertiary/aromatic N) is 1. The minimum Gasteiger partial charge on any atom is -0.352 e. The second-order valence-electron chi connectivity index (χ2n) is 2.87. The average molecular weight is 178 g/mol. The summed E-state index contributed by atoms with van der Waals surface area (Å²) >= 11 is 0. The summed E-state index contributed by atoms with van der Waals surface area (Å²) in [4.78, 5) is 14.9. The third kappa shape index (κ3) is 2.86. The van der Waals surface area contributed by atoms with E-state index >= 15 is 0 Å². The first-order chi connectivity index (χ1) is 6.24. The minimum atomic E-state index is -0.00842. The van der Waals surface area contributed by atoms with Gasteiger partial charge in [0, 0.05) is 25.4 Å². The fraction of sp³-hybridized carbons (Fsp3) is 0.400. The Morgan fingerprint density at radius 3 is 3.00 bits per heavy atom. The molecule has 0 saturated carbocycles. The third-order valence-corrected chi connectivity index (χ3v) is 1.85. The van der Waals surface area contributed by atoms with E-state index in [0.717, 1.165) is 17.7 Å². The lowest BCUT2D eigenvalue weighted by molar-refractivity contribution is -0.119. The molecule has 0 aliphatic heterocycles. The Labute approximate surface area is 78.2 Å². The summed E-state index contributed by atoms with van der Waals surface area (Å²) in [5.74, 6) is -0.00842. The first-order valence-electron chi connectivity index (χ1n) is 4.41. The molecule has 1 amide bonds. The standard InChI is InChI=1S/C10H14N2O/c1-3-10-9(5-4-6-11-10)7-12-8(2)13/h4-6H,3,7H2,1-2H3,(H,12,13). The molecule has 1 rings (SSSR count). The van der Waals surface area contributed by atoms with Crippen LogP contribution in [0.4, 0.5) is 0 Å². The molecular formula is C10H14N2O. The number of pyridine rings is 1. The van der Waals surface area contributed by atoms with Crippen molar-refractivity contribution in [3.8, 4) is 0 Å². The zero-order valence-corrected chi connectivity index (χ0v) is 8.00. The van der Waals surface area contributed by atoms with Crippen molar-refractivity contribution in [2.75, 3.05) is 0 Å². The number of nitrogens with one attached hydrogen (secondary N) is 1. The number of carbonyl (C=O) groups is 1. The van der Waals surface area contributed by atoms with E-state index in [9.17, 15) is 4.79 Å². The number of hydrogen-bond acceptors (Lipinski definition) is 2. The van der Waals surface area contributed by atoms with Crippen LogP contribution in [0, 0.1) is 0 Å². The molecule has 70 valence electrons. The van der Waals surface area contributed by atoms with Crippen molar-refractivity contribution in [1.82, 2.24) is 10.3 Å². The second-order valence-corrected chi connectivity index (χ2v) is 2.87. The van der Waals surface area contributed by atoms with Gasteiger partial charge in [0.15, 0.2) is 0 Å². The molecular weight excluding hydrogens is 164 g/mol. The van der Waals surface area contributed by atoms with Crippen molar-refractivity contribution >= 4 is 5.91 Å². The summed E-state index contributed by atoms with van der Waals surface area (Å²) in [5, 5.41) is 2.76. The quantitative estimate of drug-likeness (QED) is 0.757. The van der Waals surface area contributed by atoms with Gasteiger partial charge in [-0.25, -0.2) is 0 Å². The van der Waals surface area contributed by atoms with E-state index in [1.54, 1.807) is 6.20 Å². The van der Waals surface area contributed by atoms with Crippen molar-refractivity contribution in [1.29, 1.82) is 0 Å². The number of amides is 1. The zero-order chi connectivity index (χ0) is 9.68. The van der Waals surface area contributed by atoms with Gasteiger partial charge in [-0.3, -0.25) is 9.78 Å². The maximum Gasteiger partial charge on any atom is 0.217 e. The Balaban J connectivity index is 2.69. The van der Waals surface area contributed by atoms with Crippen LogP contribution in [0.5, 0.6) is 0 Å². The van der Waals surface area contributed by atoms with Crippen LogP contribution in [-0.2, 0) is 17.8 Å². The summed E-state index contributed by atoms with van der Waals surface area (Å²) < 4.78 is 0. The highest BCUT2D eigenvalue weighted by Gasteiger charge is 2.00. The van der Waals surface area contributed by atoms with Crippen LogP contribution < -0.4 is 5.32 Å². The summed E-state index contributed by atoms with van der Waals surface area (Å²) in [7, 11) is 0. The summed E-state index contributed by atoms with van der Waals surface area (Å²) in [6.07, 6.45) is 2.67. The van der Waals surface area contributed by atoms with E-state index < -0.39 is 0 Å². The number of rotatable bonds is 3. The van der Waals surface area contributed by atoms with Gasteiger partial charge < -0.3 is 5.32 Å². The average Bonchev–Trinajstić information content (AvgIpc) is 2.15. The van der Waals surface area contributed by atoms with Gasteiger partial charge in [-0.2, -0.15) is 0 Å². The highest BCUT2D eigenvalue weighted by Crippen LogP contribution is 2.05. The van der Waals surface area contributed by atoms with Crippen molar-refractivity contribution < 1.29 is 4.79 Å². The SMILES string of the molecule is CCc1ncccc1CNC(C)=O. The van der Waals surface area contributed by atoms with E-state index in [4.69, 9.17) is 0 Å². The van der Waals surface area contributed by atoms with Gasteiger partial charge in [0.25, 0.3) is 0 Å². The molecule has 0 unspecified atom stereocenters. The molecule has 0 saturated heterocycles. The van der Waals surface area contributed by atoms with Crippen molar-refractivity contribution in [3.05, 3.63) is 29.6 Å². The van der Waals surface area contributed by atoms with Crippen LogP contribution in [0.2, 0.25) is 0 Å². The van der Waals surface area contributed by atoms with Gasteiger partial charge in [0.2, 0.25) is 5.91 Å². The lowest BCUT2D eigenvalue weighted by Gasteiger charge is -2.06. The molecule has 0 radical (unpaired) electrons. The molecule has 1 heterocycles. The summed E-state index contributed by atoms with van der Waals surface area (Å²) in [6.45, 7) is 4.15. The highest BCUT2D eigenvalue weighted by molar-refractivity contribution is 5.72. The Hall–Kier alpha value is -1.38. The summed E-state index contributed by atoms with van der Waals surface area (Å²) in [5.41, 5.74) is 2.15. The molecule has 13 heavy (non-hydrogen) atoms. The lowest BCUT2D eigenvalue weighted by Crippen LogP contribution is -2.19. The number of aromatic nitrogens is 1. The fourth-order valence-electron chi connectivity index (χ4n) is 1.17. The van der Waals surface area contributed by atoms with Gasteiger partial charge in [-0.05, 0) is 18.1 Å². The number of aryl methyl sites for hydroxylation is 1. The Morgan fingerprint density at radius 2 is 2.38 bits per heavy atom. The normalized spacial score (nSPS) is 9.69. The molecule has 0 fully saturated rings. The molecule has 0 aliphatic carbocycles. The van der Waals surface area contributed by atoms with Crippen LogP contribution >= 0.6 is 0 Å². The molecule has 1 aromatic rings. The van der Waals surface area contributed by atoms with Crippen molar-refractivity contribution in [2.24, 2.45) is 0 Å². The fourth-order valence-corrected chi connectivity index (χ4v) is 1.17. The summed E-state index contributed by atoms with van der Waals surface area (Å²) in [6, 6.07) is 3.87. The molecule has 0 aromatic carbocycles. The van der Waals surface area contributed by atoms with Crippen LogP contribution in [-0.4, -0.2) is 10.9 Å². The molecule has 0 atom stereocenters. The van der Waals surface area contributed by atoms with Crippen LogP contribution in [0.25, 0.3) is 0 Å². The largest absolute Gasteiger partial charge is 0.352 e. The third-order valence-electron chi connectivity index (χ3n) is 1.85. The molecule has 1 N–H and O–H groups in total. The molecule has 0 spiro atoms. The molecule has 3 heteroatoms. The van der Waals surface area contributed by atoms with E-state index in [1.807, 2.05) is 12.1 Å². The first-order valence-corrected chi connectivity index (χ1v) is 4.41. The second kappa shape index (κ2) is 4.60. The zero-order valence-electron chi connectivity index (χ0n) is 8.00. The van der Waals surface area contributed by atoms with Crippen molar-refractivity contribution in [3.63, 3.8) is 0 Å². The van der Waals surface area contributed by atoms with Gasteiger partial charge in [0.05, 0.1) is 0 Å². The van der Waals surface area contributed by atoms with Gasteiger partial charge in [-0.1, -0.05) is 13.0 Å². The van der Waals surface area contributed by atoms with E-state index in [0.29, 0.717) is 6.54 Å². The lowest BCUT2D eigenvalue weighted by atomic mass is 10.1. The highest BCUT2D eigenvalue weighted by atomic mass is 16.1. The van der Waals surface area contributed by atoms with E-state index in [2.05, 4.69) is 17.2 Å². The van der Waals surface area contributed by atoms with Crippen LogP contribution in [0.1, 0.15) is 25.1 Å². The Kier molecular flexibility index (Phi) is 3.43. The molecule has 3 nitrogen and oxygen atoms in total. The smallest absolute Gasteiger partial charge is 0.217 e. The Morgan fingerprint density at radius 1 is 1.62 bits per heavy atom. The van der Waals surface area contributed by atoms with Crippen LogP contribution in [0.15, 0.2) is 18.3 Å². The monoisotopic (exact) mass is 178 g/mol. The maximum absolute atomic E-state index is 10.7. The van der Waals surface area contributed by atoms with Gasteiger partial charge >= 0.3 is 0 Å². The number of hydrogen-bond donors (Lipinski definition) is 1. The number of carbonyl (C=O) groups excluding carboxylic acids is 1. The van der Waals surface area contributed by atoms with Gasteiger partial charge in [0.1, 0.15) is 0 Å².